The van der Waals surface area contributed by atoms with Crippen molar-refractivity contribution in [2.45, 2.75) is 44.3 Å². The molecule has 0 unspecified atom stereocenters. The maximum absolute atomic E-state index is 9.91. The fraction of sp³-hybridized carbons (Fsp3) is 1.00. The molecule has 2 N–H and O–H groups in total. The van der Waals surface area contributed by atoms with Crippen LogP contribution < -0.4 is 0 Å². The van der Waals surface area contributed by atoms with Crippen LogP contribution in [0.3, 0.4) is 0 Å². The minimum Gasteiger partial charge on any atom is -0.388 e. The van der Waals surface area contributed by atoms with E-state index in [-0.39, 0.29) is 6.10 Å². The van der Waals surface area contributed by atoms with E-state index in [9.17, 15) is 10.2 Å². The molecule has 1 aliphatic rings. The van der Waals surface area contributed by atoms with Crippen molar-refractivity contribution >= 4 is 0 Å². The number of ether oxygens (including phenoxy) is 1. The lowest BCUT2D eigenvalue weighted by atomic mass is 9.84. The second-order valence-corrected chi connectivity index (χ2v) is 4.20. The van der Waals surface area contributed by atoms with Crippen molar-refractivity contribution < 1.29 is 14.9 Å². The first-order chi connectivity index (χ1) is 5.88. The number of hydrogen-bond acceptors (Lipinski definition) is 4. The first kappa shape index (κ1) is 10.9. The van der Waals surface area contributed by atoms with Crippen molar-refractivity contribution in [3.63, 3.8) is 0 Å². The summed E-state index contributed by atoms with van der Waals surface area (Å²) >= 11 is 0. The highest BCUT2D eigenvalue weighted by Gasteiger charge is 2.45. The molecule has 0 aromatic heterocycles. The summed E-state index contributed by atoms with van der Waals surface area (Å²) in [6.07, 6.45) is -1.22. The minimum atomic E-state index is -0.772. The van der Waals surface area contributed by atoms with Gasteiger partial charge >= 0.3 is 0 Å². The van der Waals surface area contributed by atoms with Crippen molar-refractivity contribution in [1.29, 1.82) is 0 Å². The zero-order valence-corrected chi connectivity index (χ0v) is 8.69. The Hall–Kier alpha value is -0.160. The van der Waals surface area contributed by atoms with Gasteiger partial charge in [-0.1, -0.05) is 0 Å². The molecule has 1 rings (SSSR count). The first-order valence-electron chi connectivity index (χ1n) is 4.57. The van der Waals surface area contributed by atoms with Crippen molar-refractivity contribution in [1.82, 2.24) is 4.90 Å². The summed E-state index contributed by atoms with van der Waals surface area (Å²) in [5, 5.41) is 19.3. The smallest absolute Gasteiger partial charge is 0.156 e. The van der Waals surface area contributed by atoms with Gasteiger partial charge in [-0.2, -0.15) is 0 Å². The average Bonchev–Trinajstić information content (AvgIpc) is 1.99. The standard InChI is InChI=1S/C9H19NO3/c1-6-8(12)9(2,10(3)4)5-7(11)13-6/h6-8,11-12H,5H2,1-4H3/t6-,7-,8+,9-/m0/s1. The Balaban J connectivity index is 2.82. The molecule has 0 aromatic carbocycles. The molecule has 78 valence electrons. The molecular formula is C9H19NO3. The largest absolute Gasteiger partial charge is 0.388 e. The summed E-state index contributed by atoms with van der Waals surface area (Å²) in [5.41, 5.74) is -0.406. The number of likely N-dealkylation sites (N-methyl/N-ethyl adjacent to an activating group) is 1. The molecular weight excluding hydrogens is 170 g/mol. The molecule has 1 heterocycles. The van der Waals surface area contributed by atoms with E-state index in [1.807, 2.05) is 25.9 Å². The lowest BCUT2D eigenvalue weighted by molar-refractivity contribution is -0.236. The van der Waals surface area contributed by atoms with Gasteiger partial charge in [-0.05, 0) is 27.9 Å². The van der Waals surface area contributed by atoms with E-state index in [1.54, 1.807) is 6.92 Å². The maximum atomic E-state index is 9.91. The Kier molecular flexibility index (Phi) is 2.97. The van der Waals surface area contributed by atoms with Crippen LogP contribution in [-0.2, 0) is 4.74 Å². The van der Waals surface area contributed by atoms with E-state index in [0.717, 1.165) is 0 Å². The van der Waals surface area contributed by atoms with Crippen molar-refractivity contribution in [2.24, 2.45) is 0 Å². The van der Waals surface area contributed by atoms with Crippen LogP contribution in [0.1, 0.15) is 20.3 Å². The van der Waals surface area contributed by atoms with Crippen LogP contribution in [0.25, 0.3) is 0 Å². The monoisotopic (exact) mass is 189 g/mol. The first-order valence-corrected chi connectivity index (χ1v) is 4.57. The summed E-state index contributed by atoms with van der Waals surface area (Å²) in [6.45, 7) is 3.70. The summed E-state index contributed by atoms with van der Waals surface area (Å²) < 4.78 is 5.12. The van der Waals surface area contributed by atoms with E-state index in [4.69, 9.17) is 4.74 Å². The van der Waals surface area contributed by atoms with Crippen molar-refractivity contribution in [3.05, 3.63) is 0 Å². The fourth-order valence-corrected chi connectivity index (χ4v) is 1.80. The molecule has 4 atom stereocenters. The fourth-order valence-electron chi connectivity index (χ4n) is 1.80. The lowest BCUT2D eigenvalue weighted by Gasteiger charge is -2.47. The molecule has 1 aliphatic heterocycles. The lowest BCUT2D eigenvalue weighted by Crippen LogP contribution is -2.61. The quantitative estimate of drug-likeness (QED) is 0.599. The van der Waals surface area contributed by atoms with Gasteiger partial charge in [0.2, 0.25) is 0 Å². The van der Waals surface area contributed by atoms with Crippen LogP contribution in [-0.4, -0.2) is 53.2 Å². The third-order valence-electron chi connectivity index (χ3n) is 3.06. The number of rotatable bonds is 1. The van der Waals surface area contributed by atoms with Crippen LogP contribution in [0.15, 0.2) is 0 Å². The van der Waals surface area contributed by atoms with E-state index in [1.165, 1.54) is 0 Å². The van der Waals surface area contributed by atoms with E-state index < -0.39 is 17.9 Å². The summed E-state index contributed by atoms with van der Waals surface area (Å²) in [5.74, 6) is 0. The van der Waals surface area contributed by atoms with Crippen LogP contribution in [0.2, 0.25) is 0 Å². The molecule has 4 heteroatoms. The van der Waals surface area contributed by atoms with Crippen LogP contribution in [0.5, 0.6) is 0 Å². The predicted molar refractivity (Wildman–Crippen MR) is 49.3 cm³/mol. The van der Waals surface area contributed by atoms with Gasteiger partial charge in [0.15, 0.2) is 6.29 Å². The zero-order chi connectivity index (χ0) is 10.2. The number of hydrogen-bond donors (Lipinski definition) is 2. The van der Waals surface area contributed by atoms with Gasteiger partial charge in [0, 0.05) is 6.42 Å². The highest BCUT2D eigenvalue weighted by molar-refractivity contribution is 4.97. The Bertz CT molecular complexity index is 186. The molecule has 13 heavy (non-hydrogen) atoms. The highest BCUT2D eigenvalue weighted by atomic mass is 16.6. The van der Waals surface area contributed by atoms with Crippen LogP contribution in [0, 0.1) is 0 Å². The summed E-state index contributed by atoms with van der Waals surface area (Å²) in [4.78, 5) is 1.93. The number of nitrogens with zero attached hydrogens (tertiary/aromatic N) is 1. The van der Waals surface area contributed by atoms with Crippen LogP contribution in [0.4, 0.5) is 0 Å². The average molecular weight is 189 g/mol. The molecule has 0 aliphatic carbocycles. The minimum absolute atomic E-state index is 0.323. The van der Waals surface area contributed by atoms with E-state index in [0.29, 0.717) is 6.42 Å². The second-order valence-electron chi connectivity index (χ2n) is 4.20. The van der Waals surface area contributed by atoms with Gasteiger partial charge in [-0.3, -0.25) is 0 Å². The third-order valence-corrected chi connectivity index (χ3v) is 3.06. The van der Waals surface area contributed by atoms with Gasteiger partial charge in [0.05, 0.1) is 17.7 Å². The van der Waals surface area contributed by atoms with Crippen LogP contribution >= 0.6 is 0 Å². The van der Waals surface area contributed by atoms with Gasteiger partial charge in [-0.25, -0.2) is 0 Å². The summed E-state index contributed by atoms with van der Waals surface area (Å²) in [6, 6.07) is 0. The molecule has 0 aromatic rings. The molecule has 1 fully saturated rings. The summed E-state index contributed by atoms with van der Waals surface area (Å²) in [7, 11) is 3.79. The molecule has 1 saturated heterocycles. The molecule has 0 bridgehead atoms. The van der Waals surface area contributed by atoms with Gasteiger partial charge in [0.1, 0.15) is 0 Å². The highest BCUT2D eigenvalue weighted by Crippen LogP contribution is 2.31. The molecule has 0 radical (unpaired) electrons. The molecule has 0 saturated carbocycles. The molecule has 0 spiro atoms. The normalized spacial score (nSPS) is 46.8. The maximum Gasteiger partial charge on any atom is 0.156 e. The Morgan fingerprint density at radius 2 is 1.92 bits per heavy atom. The Morgan fingerprint density at radius 1 is 1.38 bits per heavy atom. The Labute approximate surface area is 79.1 Å². The number of aliphatic hydroxyl groups excluding tert-OH is 2. The van der Waals surface area contributed by atoms with Crippen molar-refractivity contribution in [2.75, 3.05) is 14.1 Å². The van der Waals surface area contributed by atoms with Crippen molar-refractivity contribution in [3.8, 4) is 0 Å². The van der Waals surface area contributed by atoms with E-state index >= 15 is 0 Å². The molecule has 4 nitrogen and oxygen atoms in total. The van der Waals surface area contributed by atoms with Gasteiger partial charge < -0.3 is 19.8 Å². The molecule has 0 amide bonds. The topological polar surface area (TPSA) is 52.9 Å². The third kappa shape index (κ3) is 1.86. The number of aliphatic hydroxyl groups is 2. The Morgan fingerprint density at radius 3 is 2.38 bits per heavy atom. The zero-order valence-electron chi connectivity index (χ0n) is 8.69. The predicted octanol–water partition coefficient (Wildman–Crippen LogP) is -0.205. The van der Waals surface area contributed by atoms with Gasteiger partial charge in [0.25, 0.3) is 0 Å². The second kappa shape index (κ2) is 3.53. The SMILES string of the molecule is C[C@@H]1O[C@H](O)C[C@](C)(N(C)C)[C@@H]1O. The van der Waals surface area contributed by atoms with Gasteiger partial charge in [-0.15, -0.1) is 0 Å². The van der Waals surface area contributed by atoms with E-state index in [2.05, 4.69) is 0 Å².